The molecule has 0 aromatic heterocycles. The van der Waals surface area contributed by atoms with E-state index in [1.54, 1.807) is 48.5 Å². The Morgan fingerprint density at radius 2 is 1.60 bits per heavy atom. The predicted octanol–water partition coefficient (Wildman–Crippen LogP) is 2.31. The lowest BCUT2D eigenvalue weighted by molar-refractivity contribution is -0.113. The number of hydrogen-bond acceptors (Lipinski definition) is 5. The third kappa shape index (κ3) is 8.75. The number of amides is 2. The van der Waals surface area contributed by atoms with Crippen molar-refractivity contribution in [3.05, 3.63) is 65.7 Å². The highest BCUT2D eigenvalue weighted by Crippen LogP contribution is 2.11. The van der Waals surface area contributed by atoms with Crippen molar-refractivity contribution < 1.29 is 18.0 Å². The fourth-order valence-corrected chi connectivity index (χ4v) is 4.11. The molecule has 0 bridgehead atoms. The van der Waals surface area contributed by atoms with Gasteiger partial charge in [0.15, 0.2) is 9.84 Å². The zero-order valence-electron chi connectivity index (χ0n) is 17.4. The van der Waals surface area contributed by atoms with Crippen LogP contribution in [0.5, 0.6) is 0 Å². The number of nitrogens with one attached hydrogen (secondary N) is 2. The molecular weight excluding hydrogens is 402 g/mol. The molecule has 0 atom stereocenters. The van der Waals surface area contributed by atoms with E-state index >= 15 is 0 Å². The van der Waals surface area contributed by atoms with Gasteiger partial charge in [0.2, 0.25) is 5.91 Å². The van der Waals surface area contributed by atoms with E-state index in [0.717, 1.165) is 19.4 Å². The third-order valence-electron chi connectivity index (χ3n) is 4.33. The summed E-state index contributed by atoms with van der Waals surface area (Å²) in [6.45, 7) is 1.57. The van der Waals surface area contributed by atoms with Gasteiger partial charge in [0.25, 0.3) is 5.91 Å². The zero-order valence-corrected chi connectivity index (χ0v) is 18.2. The lowest BCUT2D eigenvalue weighted by atomic mass is 10.1. The summed E-state index contributed by atoms with van der Waals surface area (Å²) in [5, 5.41) is 5.43. The highest BCUT2D eigenvalue weighted by Gasteiger charge is 2.18. The molecule has 2 N–H and O–H groups in total. The van der Waals surface area contributed by atoms with Crippen LogP contribution in [0.3, 0.4) is 0 Å². The lowest BCUT2D eigenvalue weighted by Crippen LogP contribution is -2.25. The number of anilines is 1. The molecule has 2 aromatic rings. The van der Waals surface area contributed by atoms with Crippen molar-refractivity contribution in [2.75, 3.05) is 38.3 Å². The molecule has 0 aliphatic rings. The van der Waals surface area contributed by atoms with Crippen molar-refractivity contribution in [3.63, 3.8) is 0 Å². The van der Waals surface area contributed by atoms with Gasteiger partial charge in [-0.1, -0.05) is 30.3 Å². The van der Waals surface area contributed by atoms with Crippen LogP contribution in [0.25, 0.3) is 0 Å². The molecule has 7 nitrogen and oxygen atoms in total. The van der Waals surface area contributed by atoms with Crippen LogP contribution in [0.2, 0.25) is 0 Å². The van der Waals surface area contributed by atoms with Gasteiger partial charge in [-0.15, -0.1) is 0 Å². The highest BCUT2D eigenvalue weighted by atomic mass is 32.2. The first kappa shape index (κ1) is 23.6. The standard InChI is InChI=1S/C22H29N3O4S/c1-25(2)15-7-6-14-23-22(27)19-12-10-18(11-13-19)16-30(28,29)17-21(26)24-20-8-4-3-5-9-20/h3-5,8-13H,6-7,14-17H2,1-2H3,(H,23,27)(H,24,26). The fourth-order valence-electron chi connectivity index (χ4n) is 2.83. The molecule has 0 heterocycles. The maximum atomic E-state index is 12.3. The molecule has 0 saturated carbocycles. The molecule has 2 rings (SSSR count). The first-order valence-corrected chi connectivity index (χ1v) is 11.6. The van der Waals surface area contributed by atoms with Gasteiger partial charge in [-0.05, 0) is 63.3 Å². The van der Waals surface area contributed by atoms with Gasteiger partial charge >= 0.3 is 0 Å². The van der Waals surface area contributed by atoms with Crippen molar-refractivity contribution in [2.24, 2.45) is 0 Å². The number of benzene rings is 2. The topological polar surface area (TPSA) is 95.6 Å². The summed E-state index contributed by atoms with van der Waals surface area (Å²) in [6, 6.07) is 15.1. The van der Waals surface area contributed by atoms with Gasteiger partial charge < -0.3 is 15.5 Å². The summed E-state index contributed by atoms with van der Waals surface area (Å²) in [5.74, 6) is -1.62. The van der Waals surface area contributed by atoms with Gasteiger partial charge in [-0.3, -0.25) is 9.59 Å². The number of sulfone groups is 1. The minimum Gasteiger partial charge on any atom is -0.352 e. The Morgan fingerprint density at radius 1 is 0.933 bits per heavy atom. The molecule has 2 aromatic carbocycles. The molecule has 0 spiro atoms. The molecule has 8 heteroatoms. The van der Waals surface area contributed by atoms with E-state index in [1.807, 2.05) is 20.2 Å². The van der Waals surface area contributed by atoms with Gasteiger partial charge in [0.05, 0.1) is 5.75 Å². The van der Waals surface area contributed by atoms with E-state index in [0.29, 0.717) is 23.4 Å². The molecule has 0 radical (unpaired) electrons. The Balaban J connectivity index is 1.82. The number of para-hydroxylation sites is 1. The lowest BCUT2D eigenvalue weighted by Gasteiger charge is -2.10. The van der Waals surface area contributed by atoms with Crippen LogP contribution in [0.1, 0.15) is 28.8 Å². The smallest absolute Gasteiger partial charge is 0.251 e. The quantitative estimate of drug-likeness (QED) is 0.533. The van der Waals surface area contributed by atoms with Crippen molar-refractivity contribution in [2.45, 2.75) is 18.6 Å². The van der Waals surface area contributed by atoms with E-state index in [2.05, 4.69) is 15.5 Å². The Hall–Kier alpha value is -2.71. The molecule has 2 amide bonds. The van der Waals surface area contributed by atoms with E-state index in [4.69, 9.17) is 0 Å². The van der Waals surface area contributed by atoms with Crippen molar-refractivity contribution in [1.82, 2.24) is 10.2 Å². The number of hydrogen-bond donors (Lipinski definition) is 2. The molecule has 162 valence electrons. The molecule has 0 unspecified atom stereocenters. The van der Waals surface area contributed by atoms with E-state index in [9.17, 15) is 18.0 Å². The molecule has 0 aliphatic carbocycles. The minimum absolute atomic E-state index is 0.184. The number of carbonyl (C=O) groups excluding carboxylic acids is 2. The number of carbonyl (C=O) groups is 2. The summed E-state index contributed by atoms with van der Waals surface area (Å²) < 4.78 is 24.7. The monoisotopic (exact) mass is 431 g/mol. The fraction of sp³-hybridized carbons (Fsp3) is 0.364. The summed E-state index contributed by atoms with van der Waals surface area (Å²) in [6.07, 6.45) is 1.90. The Bertz CT molecular complexity index is 927. The SMILES string of the molecule is CN(C)CCCCNC(=O)c1ccc(CS(=O)(=O)CC(=O)Nc2ccccc2)cc1. The first-order chi connectivity index (χ1) is 14.2. The predicted molar refractivity (Wildman–Crippen MR) is 119 cm³/mol. The van der Waals surface area contributed by atoms with Crippen LogP contribution in [0, 0.1) is 0 Å². The Morgan fingerprint density at radius 3 is 2.23 bits per heavy atom. The van der Waals surface area contributed by atoms with E-state index in [1.165, 1.54) is 0 Å². The molecule has 0 saturated heterocycles. The highest BCUT2D eigenvalue weighted by molar-refractivity contribution is 7.91. The maximum Gasteiger partial charge on any atom is 0.251 e. The maximum absolute atomic E-state index is 12.3. The average molecular weight is 432 g/mol. The van der Waals surface area contributed by atoms with Crippen LogP contribution >= 0.6 is 0 Å². The van der Waals surface area contributed by atoms with Crippen LogP contribution in [0.4, 0.5) is 5.69 Å². The Kier molecular flexibility index (Phi) is 9.01. The number of unbranched alkanes of at least 4 members (excludes halogenated alkanes) is 1. The molecule has 30 heavy (non-hydrogen) atoms. The summed E-state index contributed by atoms with van der Waals surface area (Å²) in [5.41, 5.74) is 1.56. The summed E-state index contributed by atoms with van der Waals surface area (Å²) >= 11 is 0. The third-order valence-corrected chi connectivity index (χ3v) is 5.80. The zero-order chi connectivity index (χ0) is 22.0. The van der Waals surface area contributed by atoms with E-state index < -0.39 is 21.5 Å². The summed E-state index contributed by atoms with van der Waals surface area (Å²) in [7, 11) is 0.389. The summed E-state index contributed by atoms with van der Waals surface area (Å²) in [4.78, 5) is 26.3. The minimum atomic E-state index is -3.63. The van der Waals surface area contributed by atoms with Gasteiger partial charge in [0.1, 0.15) is 5.75 Å². The van der Waals surface area contributed by atoms with Gasteiger partial charge in [0, 0.05) is 17.8 Å². The second-order valence-electron chi connectivity index (χ2n) is 7.41. The molecular formula is C22H29N3O4S. The second kappa shape index (κ2) is 11.5. The van der Waals surface area contributed by atoms with Crippen LogP contribution in [-0.2, 0) is 20.4 Å². The normalized spacial score (nSPS) is 11.3. The van der Waals surface area contributed by atoms with Crippen LogP contribution in [0.15, 0.2) is 54.6 Å². The first-order valence-electron chi connectivity index (χ1n) is 9.82. The van der Waals surface area contributed by atoms with E-state index in [-0.39, 0.29) is 11.7 Å². The van der Waals surface area contributed by atoms with Gasteiger partial charge in [-0.2, -0.15) is 0 Å². The van der Waals surface area contributed by atoms with Crippen molar-refractivity contribution >= 4 is 27.3 Å². The molecule has 0 aliphatic heterocycles. The largest absolute Gasteiger partial charge is 0.352 e. The second-order valence-corrected chi connectivity index (χ2v) is 9.47. The number of nitrogens with zero attached hydrogens (tertiary/aromatic N) is 1. The van der Waals surface area contributed by atoms with Crippen molar-refractivity contribution in [3.8, 4) is 0 Å². The number of rotatable bonds is 11. The average Bonchev–Trinajstić information content (AvgIpc) is 2.67. The Labute approximate surface area is 178 Å². The molecule has 0 fully saturated rings. The van der Waals surface area contributed by atoms with Gasteiger partial charge in [-0.25, -0.2) is 8.42 Å². The van der Waals surface area contributed by atoms with Crippen molar-refractivity contribution in [1.29, 1.82) is 0 Å². The van der Waals surface area contributed by atoms with Crippen LogP contribution < -0.4 is 10.6 Å². The van der Waals surface area contributed by atoms with Crippen LogP contribution in [-0.4, -0.2) is 58.1 Å².